The van der Waals surface area contributed by atoms with E-state index in [9.17, 15) is 4.79 Å². The van der Waals surface area contributed by atoms with Crippen molar-refractivity contribution in [1.29, 1.82) is 0 Å². The molecule has 4 rings (SSSR count). The van der Waals surface area contributed by atoms with Crippen LogP contribution in [-0.4, -0.2) is 49.7 Å². The molecule has 7 nitrogen and oxygen atoms in total. The van der Waals surface area contributed by atoms with Gasteiger partial charge in [-0.25, -0.2) is 4.98 Å². The Hall–Kier alpha value is -2.15. The van der Waals surface area contributed by atoms with E-state index in [1.807, 2.05) is 29.7 Å². The maximum atomic E-state index is 13.1. The first-order chi connectivity index (χ1) is 12.5. The molecule has 7 heteroatoms. The first-order valence-corrected chi connectivity index (χ1v) is 9.50. The lowest BCUT2D eigenvalue weighted by molar-refractivity contribution is -0.00907. The number of carbonyl (C=O) groups excluding carboxylic acids is 1. The highest BCUT2D eigenvalue weighted by Crippen LogP contribution is 2.32. The number of nitrogens with zero attached hydrogens (tertiary/aromatic N) is 4. The molecule has 0 spiro atoms. The van der Waals surface area contributed by atoms with E-state index in [1.165, 1.54) is 5.69 Å². The van der Waals surface area contributed by atoms with Gasteiger partial charge in [0.2, 0.25) is 0 Å². The van der Waals surface area contributed by atoms with Crippen molar-refractivity contribution in [1.82, 2.24) is 24.6 Å². The average Bonchev–Trinajstić information content (AvgIpc) is 3.23. The molecule has 0 aliphatic carbocycles. The molecule has 2 aliphatic heterocycles. The second kappa shape index (κ2) is 6.87. The van der Waals surface area contributed by atoms with E-state index in [4.69, 9.17) is 4.74 Å². The molecule has 0 saturated carbocycles. The Bertz CT molecular complexity index is 774. The summed E-state index contributed by atoms with van der Waals surface area (Å²) in [6.45, 7) is 5.68. The van der Waals surface area contributed by atoms with Crippen LogP contribution in [0.25, 0.3) is 0 Å². The normalized spacial score (nSPS) is 23.9. The fraction of sp³-hybridized carbons (Fsp3) is 0.632. The molecule has 2 aromatic rings. The Balaban J connectivity index is 1.45. The van der Waals surface area contributed by atoms with Crippen molar-refractivity contribution in [3.63, 3.8) is 0 Å². The molecule has 0 bridgehead atoms. The number of aromatic amines is 1. The zero-order chi connectivity index (χ0) is 18.3. The molecule has 2 aromatic heterocycles. The molecule has 2 atom stereocenters. The van der Waals surface area contributed by atoms with Gasteiger partial charge in [-0.15, -0.1) is 0 Å². The van der Waals surface area contributed by atoms with E-state index >= 15 is 0 Å². The smallest absolute Gasteiger partial charge is 0.274 e. The number of carbonyl (C=O) groups is 1. The van der Waals surface area contributed by atoms with Gasteiger partial charge in [0, 0.05) is 44.0 Å². The van der Waals surface area contributed by atoms with Gasteiger partial charge in [-0.1, -0.05) is 0 Å². The third-order valence-corrected chi connectivity index (χ3v) is 5.67. The Morgan fingerprint density at radius 1 is 1.35 bits per heavy atom. The highest BCUT2D eigenvalue weighted by Gasteiger charge is 2.34. The summed E-state index contributed by atoms with van der Waals surface area (Å²) in [5.41, 5.74) is 3.91. The molecule has 4 heterocycles. The minimum atomic E-state index is -0.0204. The number of ether oxygens (including phenoxy) is 1. The largest absolute Gasteiger partial charge is 0.369 e. The summed E-state index contributed by atoms with van der Waals surface area (Å²) in [5.74, 6) is 0.675. The molecular weight excluding hydrogens is 330 g/mol. The number of rotatable bonds is 3. The van der Waals surface area contributed by atoms with E-state index in [2.05, 4.69) is 22.0 Å². The number of piperidine rings is 1. The Morgan fingerprint density at radius 2 is 2.12 bits per heavy atom. The van der Waals surface area contributed by atoms with Crippen LogP contribution in [0.2, 0.25) is 0 Å². The quantitative estimate of drug-likeness (QED) is 0.914. The Morgan fingerprint density at radius 3 is 2.81 bits per heavy atom. The summed E-state index contributed by atoms with van der Waals surface area (Å²) in [7, 11) is 1.90. The number of likely N-dealkylation sites (tertiary alicyclic amines) is 1. The minimum Gasteiger partial charge on any atom is -0.369 e. The summed E-state index contributed by atoms with van der Waals surface area (Å²) < 4.78 is 7.73. The van der Waals surface area contributed by atoms with Crippen LogP contribution >= 0.6 is 0 Å². The molecule has 0 unspecified atom stereocenters. The molecule has 2 aliphatic rings. The molecule has 0 aromatic carbocycles. The van der Waals surface area contributed by atoms with E-state index in [0.717, 1.165) is 50.0 Å². The van der Waals surface area contributed by atoms with Crippen molar-refractivity contribution in [3.05, 3.63) is 35.2 Å². The monoisotopic (exact) mass is 357 g/mol. The lowest BCUT2D eigenvalue weighted by atomic mass is 9.92. The number of H-pyrrole nitrogens is 1. The van der Waals surface area contributed by atoms with Gasteiger partial charge in [0.1, 0.15) is 0 Å². The van der Waals surface area contributed by atoms with Gasteiger partial charge < -0.3 is 14.6 Å². The number of hydrogen-bond acceptors (Lipinski definition) is 4. The second-order valence-electron chi connectivity index (χ2n) is 7.65. The second-order valence-corrected chi connectivity index (χ2v) is 7.65. The predicted molar refractivity (Wildman–Crippen MR) is 96.8 cm³/mol. The standard InChI is InChI=1S/C19H27N5O2/c1-12-8-16-17(22-23(3)18(16)13(2)26-12)19(25)24-6-4-14(5-7-24)9-15-10-20-11-21-15/h10-14H,4-9H2,1-3H3,(H,20,21)/t12-,13+/m1/s1. The lowest BCUT2D eigenvalue weighted by Gasteiger charge is -2.32. The van der Waals surface area contributed by atoms with Crippen LogP contribution in [0.5, 0.6) is 0 Å². The van der Waals surface area contributed by atoms with Crippen molar-refractivity contribution >= 4 is 5.91 Å². The van der Waals surface area contributed by atoms with Gasteiger partial charge in [0.05, 0.1) is 24.2 Å². The summed E-state index contributed by atoms with van der Waals surface area (Å²) >= 11 is 0. The fourth-order valence-electron chi connectivity index (χ4n) is 4.41. The van der Waals surface area contributed by atoms with E-state index in [1.54, 1.807) is 6.33 Å². The van der Waals surface area contributed by atoms with E-state index in [0.29, 0.717) is 11.6 Å². The van der Waals surface area contributed by atoms with Crippen LogP contribution < -0.4 is 0 Å². The van der Waals surface area contributed by atoms with Crippen molar-refractivity contribution in [3.8, 4) is 0 Å². The van der Waals surface area contributed by atoms with Crippen LogP contribution in [-0.2, 0) is 24.6 Å². The van der Waals surface area contributed by atoms with Crippen LogP contribution in [0, 0.1) is 5.92 Å². The van der Waals surface area contributed by atoms with Crippen molar-refractivity contribution < 1.29 is 9.53 Å². The van der Waals surface area contributed by atoms with E-state index in [-0.39, 0.29) is 18.1 Å². The zero-order valence-corrected chi connectivity index (χ0v) is 15.7. The van der Waals surface area contributed by atoms with E-state index < -0.39 is 0 Å². The number of fused-ring (bicyclic) bond motifs is 1. The average molecular weight is 357 g/mol. The van der Waals surface area contributed by atoms with Gasteiger partial charge in [0.15, 0.2) is 5.69 Å². The van der Waals surface area contributed by atoms with Crippen molar-refractivity contribution in [2.75, 3.05) is 13.1 Å². The third-order valence-electron chi connectivity index (χ3n) is 5.67. The first-order valence-electron chi connectivity index (χ1n) is 9.50. The molecule has 1 amide bonds. The van der Waals surface area contributed by atoms with Gasteiger partial charge >= 0.3 is 0 Å². The van der Waals surface area contributed by atoms with Crippen LogP contribution in [0.3, 0.4) is 0 Å². The Kier molecular flexibility index (Phi) is 4.56. The summed E-state index contributed by atoms with van der Waals surface area (Å²) in [4.78, 5) is 22.3. The lowest BCUT2D eigenvalue weighted by Crippen LogP contribution is -2.39. The van der Waals surface area contributed by atoms with Crippen LogP contribution in [0.1, 0.15) is 60.2 Å². The number of imidazole rings is 1. The number of amides is 1. The molecule has 26 heavy (non-hydrogen) atoms. The van der Waals surface area contributed by atoms with Crippen molar-refractivity contribution in [2.24, 2.45) is 13.0 Å². The zero-order valence-electron chi connectivity index (χ0n) is 15.7. The first kappa shape index (κ1) is 17.3. The molecule has 140 valence electrons. The molecule has 1 saturated heterocycles. The fourth-order valence-corrected chi connectivity index (χ4v) is 4.41. The maximum Gasteiger partial charge on any atom is 0.274 e. The number of aromatic nitrogens is 4. The number of hydrogen-bond donors (Lipinski definition) is 1. The molecule has 1 fully saturated rings. The van der Waals surface area contributed by atoms with Gasteiger partial charge in [-0.2, -0.15) is 5.10 Å². The molecule has 1 N–H and O–H groups in total. The van der Waals surface area contributed by atoms with Crippen LogP contribution in [0.4, 0.5) is 0 Å². The highest BCUT2D eigenvalue weighted by molar-refractivity contribution is 5.94. The third kappa shape index (κ3) is 3.16. The molecule has 0 radical (unpaired) electrons. The van der Waals surface area contributed by atoms with Crippen molar-refractivity contribution in [2.45, 2.75) is 51.7 Å². The number of aryl methyl sites for hydroxylation is 1. The topological polar surface area (TPSA) is 76.0 Å². The maximum absolute atomic E-state index is 13.1. The molecular formula is C19H27N5O2. The van der Waals surface area contributed by atoms with Gasteiger partial charge in [0.25, 0.3) is 5.91 Å². The highest BCUT2D eigenvalue weighted by atomic mass is 16.5. The predicted octanol–water partition coefficient (Wildman–Crippen LogP) is 2.26. The Labute approximate surface area is 153 Å². The summed E-state index contributed by atoms with van der Waals surface area (Å²) in [6, 6.07) is 0. The minimum absolute atomic E-state index is 0.0204. The van der Waals surface area contributed by atoms with Gasteiger partial charge in [-0.05, 0) is 39.0 Å². The SMILES string of the molecule is C[C@@H]1Cc2c(C(=O)N3CCC(Cc4cnc[nH]4)CC3)nn(C)c2[C@H](C)O1. The van der Waals surface area contributed by atoms with Crippen LogP contribution in [0.15, 0.2) is 12.5 Å². The summed E-state index contributed by atoms with van der Waals surface area (Å²) in [6.07, 6.45) is 7.52. The van der Waals surface area contributed by atoms with Gasteiger partial charge in [-0.3, -0.25) is 9.48 Å². The summed E-state index contributed by atoms with van der Waals surface area (Å²) in [5, 5.41) is 4.56. The number of nitrogens with one attached hydrogen (secondary N) is 1.